The second-order valence-corrected chi connectivity index (χ2v) is 16.5. The lowest BCUT2D eigenvalue weighted by molar-refractivity contribution is -0.143. The van der Waals surface area contributed by atoms with E-state index in [2.05, 4.69) is 4.52 Å². The molecule has 322 valence electrons. The number of carbonyl (C=O) groups is 1. The fourth-order valence-electron chi connectivity index (χ4n) is 7.80. The Morgan fingerprint density at radius 1 is 0.918 bits per heavy atom. The van der Waals surface area contributed by atoms with Crippen LogP contribution in [0.5, 0.6) is 5.75 Å². The fraction of sp³-hybridized carbons (Fsp3) is 0.286. The highest BCUT2D eigenvalue weighted by molar-refractivity contribution is 7.46. The Bertz CT molecular complexity index is 2720. The largest absolute Gasteiger partial charge is 0.524 e. The van der Waals surface area contributed by atoms with Crippen molar-refractivity contribution in [3.8, 4) is 22.7 Å². The van der Waals surface area contributed by atoms with Crippen LogP contribution in [0.3, 0.4) is 0 Å². The van der Waals surface area contributed by atoms with Crippen LogP contribution in [0.1, 0.15) is 72.3 Å². The number of fused-ring (bicyclic) bond motifs is 2. The Morgan fingerprint density at radius 2 is 1.61 bits per heavy atom. The highest BCUT2D eigenvalue weighted by Gasteiger charge is 2.45. The Labute approximate surface area is 349 Å². The lowest BCUT2D eigenvalue weighted by Gasteiger charge is -2.33. The van der Waals surface area contributed by atoms with Gasteiger partial charge in [0.15, 0.2) is 0 Å². The summed E-state index contributed by atoms with van der Waals surface area (Å²) in [7, 11) is -4.90. The van der Waals surface area contributed by atoms with E-state index in [4.69, 9.17) is 31.2 Å². The van der Waals surface area contributed by atoms with Crippen molar-refractivity contribution in [1.29, 1.82) is 0 Å². The van der Waals surface area contributed by atoms with Gasteiger partial charge in [0.2, 0.25) is 0 Å². The molecule has 0 fully saturated rings. The number of aromatic nitrogens is 3. The zero-order chi connectivity index (χ0) is 44.4. The number of aryl methyl sites for hydroxylation is 2. The van der Waals surface area contributed by atoms with E-state index in [0.29, 0.717) is 47.0 Å². The molecule has 1 aliphatic rings. The van der Waals surface area contributed by atoms with Crippen LogP contribution in [0.15, 0.2) is 79.0 Å². The van der Waals surface area contributed by atoms with E-state index in [0.717, 1.165) is 27.4 Å². The minimum atomic E-state index is -5.08. The predicted octanol–water partition coefficient (Wildman–Crippen LogP) is 11.4. The van der Waals surface area contributed by atoms with E-state index in [-0.39, 0.29) is 53.0 Å². The first-order valence-corrected chi connectivity index (χ1v) is 20.7. The lowest BCUT2D eigenvalue weighted by Crippen LogP contribution is -2.36. The van der Waals surface area contributed by atoms with E-state index < -0.39 is 48.8 Å². The van der Waals surface area contributed by atoms with Crippen LogP contribution >= 0.6 is 19.4 Å². The zero-order valence-electron chi connectivity index (χ0n) is 32.8. The molecule has 0 amide bonds. The molecule has 0 aliphatic carbocycles. The molecule has 3 heterocycles. The molecular weight excluding hydrogens is 856 g/mol. The van der Waals surface area contributed by atoms with Gasteiger partial charge >= 0.3 is 26.3 Å². The molecule has 6 aromatic rings. The van der Waals surface area contributed by atoms with Gasteiger partial charge in [-0.25, -0.2) is 23.0 Å². The maximum absolute atomic E-state index is 15.9. The number of para-hydroxylation sites is 1. The van der Waals surface area contributed by atoms with Crippen molar-refractivity contribution >= 4 is 36.4 Å². The van der Waals surface area contributed by atoms with Crippen LogP contribution in [0.25, 0.3) is 27.8 Å². The first-order valence-electron chi connectivity index (χ1n) is 18.8. The molecule has 7 rings (SSSR count). The van der Waals surface area contributed by atoms with Crippen LogP contribution < -0.4 is 4.52 Å². The molecule has 10 nitrogen and oxygen atoms in total. The predicted molar refractivity (Wildman–Crippen MR) is 212 cm³/mol. The average Bonchev–Trinajstić information content (AvgIpc) is 3.86. The summed E-state index contributed by atoms with van der Waals surface area (Å²) in [4.78, 5) is 33.5. The smallest absolute Gasteiger partial charge is 0.444 e. The van der Waals surface area contributed by atoms with Crippen LogP contribution in [0.4, 0.5) is 35.5 Å². The number of phosphoric acid groups is 1. The number of hydrogen-bond donors (Lipinski definition) is 2. The highest BCUT2D eigenvalue weighted by atomic mass is 35.5. The normalized spacial score (nSPS) is 14.5. The molecule has 2 N–H and O–H groups in total. The summed E-state index contributed by atoms with van der Waals surface area (Å²) in [6.07, 6.45) is -8.53. The van der Waals surface area contributed by atoms with E-state index in [9.17, 15) is 35.7 Å². The molecule has 2 aromatic heterocycles. The van der Waals surface area contributed by atoms with E-state index in [1.807, 2.05) is 32.0 Å². The number of benzene rings is 4. The number of ether oxygens (including phenoxy) is 1. The third-order valence-electron chi connectivity index (χ3n) is 10.8. The van der Waals surface area contributed by atoms with Gasteiger partial charge in [-0.15, -0.1) is 0 Å². The van der Waals surface area contributed by atoms with Gasteiger partial charge in [0.25, 0.3) is 0 Å². The topological polar surface area (TPSA) is 119 Å². The third kappa shape index (κ3) is 8.41. The summed E-state index contributed by atoms with van der Waals surface area (Å²) < 4.78 is 123. The second-order valence-electron chi connectivity index (χ2n) is 14.9. The molecule has 0 bridgehead atoms. The van der Waals surface area contributed by atoms with Gasteiger partial charge in [-0.05, 0) is 91.4 Å². The van der Waals surface area contributed by atoms with Crippen molar-refractivity contribution in [2.75, 3.05) is 0 Å². The van der Waals surface area contributed by atoms with Crippen LogP contribution in [0, 0.1) is 5.82 Å². The van der Waals surface area contributed by atoms with Crippen LogP contribution in [-0.2, 0) is 59.7 Å². The Kier molecular flexibility index (Phi) is 11.5. The first kappa shape index (κ1) is 43.9. The van der Waals surface area contributed by atoms with Crippen molar-refractivity contribution in [3.05, 3.63) is 134 Å². The SMILES string of the molecule is CCc1cccc(CC)c1-n1nc2c(c1-c1ccc(F)c3c1ccn3C(=O)OCc1ccc(OP(=O)(O)O)c(Cl)c1)CN(Cc1ccc(C(F)(F)F)cc1C(F)(F)F)C2(C)C. The van der Waals surface area contributed by atoms with Gasteiger partial charge in [-0.3, -0.25) is 14.7 Å². The molecule has 0 saturated heterocycles. The average molecular weight is 893 g/mol. The molecule has 61 heavy (non-hydrogen) atoms. The number of phosphoric ester groups is 1. The summed E-state index contributed by atoms with van der Waals surface area (Å²) in [5.41, 5.74) is 0.527. The molecule has 0 unspecified atom stereocenters. The maximum atomic E-state index is 15.9. The van der Waals surface area contributed by atoms with E-state index in [1.165, 1.54) is 42.6 Å². The van der Waals surface area contributed by atoms with Crippen molar-refractivity contribution in [2.24, 2.45) is 0 Å². The molecule has 0 atom stereocenters. The number of alkyl halides is 6. The summed E-state index contributed by atoms with van der Waals surface area (Å²) in [6, 6.07) is 15.5. The summed E-state index contributed by atoms with van der Waals surface area (Å²) in [5.74, 6) is -1.08. The Hall–Kier alpha value is -5.19. The van der Waals surface area contributed by atoms with Crippen molar-refractivity contribution < 1.29 is 59.1 Å². The molecule has 0 radical (unpaired) electrons. The summed E-state index contributed by atoms with van der Waals surface area (Å²) in [5, 5.41) is 5.24. The van der Waals surface area contributed by atoms with Gasteiger partial charge in [0.05, 0.1) is 44.3 Å². The lowest BCUT2D eigenvalue weighted by atomic mass is 9.96. The molecule has 1 aliphatic heterocycles. The zero-order valence-corrected chi connectivity index (χ0v) is 34.5. The first-order chi connectivity index (χ1) is 28.5. The molecular formula is C42H37ClF7N4O6P. The van der Waals surface area contributed by atoms with E-state index in [1.54, 1.807) is 23.4 Å². The molecule has 19 heteroatoms. The third-order valence-corrected chi connectivity index (χ3v) is 11.5. The van der Waals surface area contributed by atoms with E-state index >= 15 is 4.39 Å². The maximum Gasteiger partial charge on any atom is 0.524 e. The Morgan fingerprint density at radius 3 is 2.21 bits per heavy atom. The number of hydrogen-bond acceptors (Lipinski definition) is 6. The number of rotatable bonds is 10. The summed E-state index contributed by atoms with van der Waals surface area (Å²) in [6.45, 7) is 6.74. The molecule has 0 spiro atoms. The Balaban J connectivity index is 1.32. The van der Waals surface area contributed by atoms with Crippen molar-refractivity contribution in [3.63, 3.8) is 0 Å². The summed E-state index contributed by atoms with van der Waals surface area (Å²) >= 11 is 6.11. The van der Waals surface area contributed by atoms with Crippen molar-refractivity contribution in [2.45, 2.75) is 78.1 Å². The van der Waals surface area contributed by atoms with Gasteiger partial charge in [-0.2, -0.15) is 31.4 Å². The molecule has 0 saturated carbocycles. The van der Waals surface area contributed by atoms with Gasteiger partial charge in [-0.1, -0.05) is 55.8 Å². The van der Waals surface area contributed by atoms with Gasteiger partial charge < -0.3 is 9.26 Å². The number of halogens is 8. The number of carbonyl (C=O) groups excluding carboxylic acids is 1. The minimum Gasteiger partial charge on any atom is -0.444 e. The minimum absolute atomic E-state index is 0.00784. The highest BCUT2D eigenvalue weighted by Crippen LogP contribution is 2.48. The fourth-order valence-corrected chi connectivity index (χ4v) is 8.51. The standard InChI is InChI=1S/C42H37ClF7N4O6P/c1-5-24-8-7-9-25(6-2)35(24)54-36(30-21-52(40(3,4)38(30)51-54)20-26-11-12-27(41(45,46)47)19-31(26)42(48,49)50)28-13-14-33(44)37-29(28)16-17-53(37)39(55)59-22-23-10-15-34(32(43)18-23)60-61(56,57)58/h7-19H,5-6,20-22H2,1-4H3,(H2,56,57,58). The van der Waals surface area contributed by atoms with Crippen molar-refractivity contribution in [1.82, 2.24) is 19.2 Å². The van der Waals surface area contributed by atoms with Crippen LogP contribution in [-0.4, -0.2) is 35.1 Å². The quantitative estimate of drug-likeness (QED) is 0.103. The number of nitrogens with zero attached hydrogens (tertiary/aromatic N) is 4. The monoisotopic (exact) mass is 892 g/mol. The van der Waals surface area contributed by atoms with Gasteiger partial charge in [0.1, 0.15) is 18.2 Å². The second kappa shape index (κ2) is 15.9. The van der Waals surface area contributed by atoms with Gasteiger partial charge in [0, 0.05) is 35.8 Å². The molecule has 4 aromatic carbocycles. The van der Waals surface area contributed by atoms with Crippen LogP contribution in [0.2, 0.25) is 5.02 Å².